The molecule has 0 aromatic rings. The fourth-order valence-corrected chi connectivity index (χ4v) is 4.41. The Morgan fingerprint density at radius 3 is 1.56 bits per heavy atom. The van der Waals surface area contributed by atoms with E-state index in [1.165, 1.54) is 25.7 Å². The lowest BCUT2D eigenvalue weighted by molar-refractivity contribution is -0.934. The quantitative estimate of drug-likeness (QED) is 0.164. The number of rotatable bonds is 20. The highest BCUT2D eigenvalue weighted by atomic mass is 16.4. The largest absolute Gasteiger partial charge is 0.550 e. The number of unbranched alkanes of at least 4 members (excludes halogenated alkanes) is 8. The van der Waals surface area contributed by atoms with Crippen LogP contribution in [-0.4, -0.2) is 58.8 Å². The smallest absolute Gasteiger partial charge is 0.311 e. The van der Waals surface area contributed by atoms with Crippen LogP contribution in [0.2, 0.25) is 0 Å². The van der Waals surface area contributed by atoms with Crippen LogP contribution >= 0.6 is 0 Å². The maximum atomic E-state index is 11.5. The Morgan fingerprint density at radius 1 is 0.750 bits per heavy atom. The van der Waals surface area contributed by atoms with E-state index in [0.717, 1.165) is 32.1 Å². The average molecular weight is 456 g/mol. The van der Waals surface area contributed by atoms with E-state index in [1.54, 1.807) is 20.8 Å². The molecule has 0 aromatic heterocycles. The number of carboxylic acids is 3. The van der Waals surface area contributed by atoms with Crippen LogP contribution in [0.4, 0.5) is 0 Å². The van der Waals surface area contributed by atoms with Crippen LogP contribution in [0.5, 0.6) is 0 Å². The van der Waals surface area contributed by atoms with Crippen molar-refractivity contribution < 1.29 is 34.2 Å². The molecule has 0 heterocycles. The van der Waals surface area contributed by atoms with Crippen LogP contribution in [0, 0.1) is 17.8 Å². The lowest BCUT2D eigenvalue weighted by Crippen LogP contribution is -2.58. The highest BCUT2D eigenvalue weighted by Crippen LogP contribution is 2.22. The number of carboxylic acid groups (broad SMARTS) is 3. The molecule has 0 fully saturated rings. The summed E-state index contributed by atoms with van der Waals surface area (Å²) in [7, 11) is 0. The average Bonchev–Trinajstić information content (AvgIpc) is 2.71. The highest BCUT2D eigenvalue weighted by Gasteiger charge is 2.36. The summed E-state index contributed by atoms with van der Waals surface area (Å²) in [6.07, 6.45) is 14.3. The first-order chi connectivity index (χ1) is 15.0. The Kier molecular flexibility index (Phi) is 15.7. The van der Waals surface area contributed by atoms with Crippen molar-refractivity contribution in [2.75, 3.05) is 26.2 Å². The molecule has 7 nitrogen and oxygen atoms in total. The Balaban J connectivity index is 4.91. The van der Waals surface area contributed by atoms with Crippen LogP contribution in [-0.2, 0) is 14.4 Å². The molecule has 7 heteroatoms. The zero-order chi connectivity index (χ0) is 24.6. The van der Waals surface area contributed by atoms with Crippen molar-refractivity contribution in [1.82, 2.24) is 0 Å². The minimum atomic E-state index is -1.19. The van der Waals surface area contributed by atoms with Crippen molar-refractivity contribution >= 4 is 17.9 Å². The van der Waals surface area contributed by atoms with E-state index in [0.29, 0.717) is 6.54 Å². The van der Waals surface area contributed by atoms with Gasteiger partial charge in [-0.2, -0.15) is 0 Å². The second-order valence-corrected chi connectivity index (χ2v) is 9.50. The maximum Gasteiger partial charge on any atom is 0.311 e. The summed E-state index contributed by atoms with van der Waals surface area (Å²) in [6, 6.07) is 0. The Morgan fingerprint density at radius 2 is 1.16 bits per heavy atom. The minimum absolute atomic E-state index is 0.182. The lowest BCUT2D eigenvalue weighted by Gasteiger charge is -2.43. The van der Waals surface area contributed by atoms with E-state index in [1.807, 2.05) is 6.92 Å². The molecule has 0 aliphatic rings. The van der Waals surface area contributed by atoms with E-state index in [9.17, 15) is 29.7 Å². The van der Waals surface area contributed by atoms with Crippen molar-refractivity contribution in [2.24, 2.45) is 17.8 Å². The predicted octanol–water partition coefficient (Wildman–Crippen LogP) is 3.72. The number of allylic oxidation sites excluding steroid dienone is 2. The molecule has 32 heavy (non-hydrogen) atoms. The number of quaternary nitrogens is 1. The van der Waals surface area contributed by atoms with Gasteiger partial charge in [0, 0.05) is 11.9 Å². The second kappa shape index (κ2) is 16.7. The predicted molar refractivity (Wildman–Crippen MR) is 124 cm³/mol. The molecule has 0 aliphatic heterocycles. The van der Waals surface area contributed by atoms with Gasteiger partial charge in [-0.25, -0.2) is 0 Å². The summed E-state index contributed by atoms with van der Waals surface area (Å²) in [5.41, 5.74) is 0. The fraction of sp³-hybridized carbons (Fsp3) is 0.800. The summed E-state index contributed by atoms with van der Waals surface area (Å²) in [5.74, 6) is -5.25. The molecule has 0 aromatic carbocycles. The van der Waals surface area contributed by atoms with E-state index in [-0.39, 0.29) is 24.1 Å². The fourth-order valence-electron chi connectivity index (χ4n) is 4.41. The molecule has 0 spiro atoms. The molecule has 0 rings (SSSR count). The summed E-state index contributed by atoms with van der Waals surface area (Å²) in [4.78, 5) is 34.5. The van der Waals surface area contributed by atoms with Gasteiger partial charge in [-0.3, -0.25) is 9.59 Å². The monoisotopic (exact) mass is 455 g/mol. The Bertz CT molecular complexity index is 534. The van der Waals surface area contributed by atoms with Crippen LogP contribution in [0.1, 0.15) is 85.5 Å². The SMILES string of the molecule is C/C=C/CCCCCCCCCC[N+](CC(C)C(=O)[O-])(CC(C)C(=O)O)CC(C)C(=O)O. The Hall–Kier alpha value is -1.89. The molecular formula is C25H45NO6. The number of nitrogens with zero attached hydrogens (tertiary/aromatic N) is 1. The van der Waals surface area contributed by atoms with Crippen LogP contribution in [0.15, 0.2) is 12.2 Å². The second-order valence-electron chi connectivity index (χ2n) is 9.50. The van der Waals surface area contributed by atoms with E-state index in [4.69, 9.17) is 0 Å². The molecule has 3 unspecified atom stereocenters. The molecule has 0 bridgehead atoms. The van der Waals surface area contributed by atoms with Crippen molar-refractivity contribution in [3.8, 4) is 0 Å². The van der Waals surface area contributed by atoms with Gasteiger partial charge in [-0.05, 0) is 46.5 Å². The van der Waals surface area contributed by atoms with Crippen molar-refractivity contribution in [2.45, 2.75) is 85.5 Å². The van der Waals surface area contributed by atoms with E-state index in [2.05, 4.69) is 12.2 Å². The molecule has 0 amide bonds. The van der Waals surface area contributed by atoms with Gasteiger partial charge in [-0.15, -0.1) is 0 Å². The summed E-state index contributed by atoms with van der Waals surface area (Å²) < 4.78 is 0.182. The van der Waals surface area contributed by atoms with E-state index < -0.39 is 35.7 Å². The van der Waals surface area contributed by atoms with E-state index >= 15 is 0 Å². The van der Waals surface area contributed by atoms with Crippen molar-refractivity contribution in [3.63, 3.8) is 0 Å². The van der Waals surface area contributed by atoms with Crippen molar-refractivity contribution in [1.29, 1.82) is 0 Å². The Labute approximate surface area is 194 Å². The third-order valence-corrected chi connectivity index (χ3v) is 6.22. The third kappa shape index (κ3) is 13.5. The molecule has 2 N–H and O–H groups in total. The molecule has 0 saturated heterocycles. The molecule has 0 radical (unpaired) electrons. The normalized spacial score (nSPS) is 16.4. The molecular weight excluding hydrogens is 410 g/mol. The van der Waals surface area contributed by atoms with Gasteiger partial charge in [0.15, 0.2) is 0 Å². The van der Waals surface area contributed by atoms with Gasteiger partial charge in [0.05, 0.1) is 26.2 Å². The van der Waals surface area contributed by atoms with Crippen LogP contribution in [0.25, 0.3) is 0 Å². The highest BCUT2D eigenvalue weighted by molar-refractivity contribution is 5.70. The zero-order valence-corrected chi connectivity index (χ0v) is 20.6. The van der Waals surface area contributed by atoms with Gasteiger partial charge < -0.3 is 24.6 Å². The molecule has 3 atom stereocenters. The van der Waals surface area contributed by atoms with Crippen molar-refractivity contribution in [3.05, 3.63) is 12.2 Å². The molecule has 0 saturated carbocycles. The minimum Gasteiger partial charge on any atom is -0.550 e. The van der Waals surface area contributed by atoms with Crippen LogP contribution < -0.4 is 5.11 Å². The number of carbonyl (C=O) groups is 3. The summed E-state index contributed by atoms with van der Waals surface area (Å²) in [5, 5.41) is 30.3. The summed E-state index contributed by atoms with van der Waals surface area (Å²) >= 11 is 0. The standard InChI is InChI=1S/C25H45NO6/c1-5-6-7-8-9-10-11-12-13-14-15-16-26(17-20(2)23(27)28,18-21(3)24(29)30)19-22(4)25(31)32/h5-6,20-22H,7-19H2,1-4H3,(H2-,27,28,29,30,31,32)/b6-5+. The maximum absolute atomic E-state index is 11.5. The van der Waals surface area contributed by atoms with Gasteiger partial charge in [-0.1, -0.05) is 51.2 Å². The first-order valence-corrected chi connectivity index (χ1v) is 12.2. The third-order valence-electron chi connectivity index (χ3n) is 6.22. The first kappa shape index (κ1) is 30.1. The van der Waals surface area contributed by atoms with Crippen LogP contribution in [0.3, 0.4) is 0 Å². The molecule has 186 valence electrons. The van der Waals surface area contributed by atoms with Gasteiger partial charge in [0.25, 0.3) is 0 Å². The summed E-state index contributed by atoms with van der Waals surface area (Å²) in [6.45, 7) is 7.99. The number of hydrogen-bond acceptors (Lipinski definition) is 4. The van der Waals surface area contributed by atoms with Gasteiger partial charge >= 0.3 is 11.9 Å². The number of carbonyl (C=O) groups excluding carboxylic acids is 1. The zero-order valence-electron chi connectivity index (χ0n) is 20.6. The number of aliphatic carboxylic acids is 3. The number of hydrogen-bond donors (Lipinski definition) is 2. The van der Waals surface area contributed by atoms with Gasteiger partial charge in [0.2, 0.25) is 0 Å². The first-order valence-electron chi connectivity index (χ1n) is 12.2. The molecule has 0 aliphatic carbocycles. The topological polar surface area (TPSA) is 115 Å². The van der Waals surface area contributed by atoms with Gasteiger partial charge in [0.1, 0.15) is 11.8 Å². The lowest BCUT2D eigenvalue weighted by atomic mass is 10.00.